The van der Waals surface area contributed by atoms with Gasteiger partial charge >= 0.3 is 0 Å². The minimum Gasteiger partial charge on any atom is -0.394 e. The normalized spacial score (nSPS) is 34.1. The number of thiol groups is 1. The highest BCUT2D eigenvalue weighted by Gasteiger charge is 2.44. The summed E-state index contributed by atoms with van der Waals surface area (Å²) in [6.07, 6.45) is -5.77. The summed E-state index contributed by atoms with van der Waals surface area (Å²) in [5.41, 5.74) is 0. The van der Waals surface area contributed by atoms with Crippen molar-refractivity contribution in [2.45, 2.75) is 43.6 Å². The van der Waals surface area contributed by atoms with E-state index in [-0.39, 0.29) is 5.75 Å². The number of carbonyl (C=O) groups excluding carboxylic acids is 2. The van der Waals surface area contributed by atoms with Crippen molar-refractivity contribution < 1.29 is 34.8 Å². The summed E-state index contributed by atoms with van der Waals surface area (Å²) < 4.78 is 4.90. The number of carbonyl (C=O) groups is 2. The Morgan fingerprint density at radius 2 is 1.90 bits per heavy atom. The number of aliphatic hydroxyl groups excluding tert-OH is 4. The molecule has 0 spiro atoms. The third kappa shape index (κ3) is 4.53. The lowest BCUT2D eigenvalue weighted by molar-refractivity contribution is -0.253. The Balaban J connectivity index is 2.72. The molecule has 0 radical (unpaired) electrons. The Kier molecular flexibility index (Phi) is 6.84. The van der Waals surface area contributed by atoms with Gasteiger partial charge in [0, 0.05) is 12.7 Å². The van der Waals surface area contributed by atoms with Gasteiger partial charge in [0.15, 0.2) is 6.29 Å². The number of ether oxygens (including phenoxy) is 1. The summed E-state index contributed by atoms with van der Waals surface area (Å²) in [5.74, 6) is -1.13. The van der Waals surface area contributed by atoms with Gasteiger partial charge in [-0.25, -0.2) is 0 Å². The molecule has 9 nitrogen and oxygen atoms in total. The monoisotopic (exact) mass is 324 g/mol. The Labute approximate surface area is 126 Å². The molecule has 1 rings (SSSR count). The van der Waals surface area contributed by atoms with E-state index in [1.807, 2.05) is 0 Å². The molecule has 0 bridgehead atoms. The third-order valence-corrected chi connectivity index (χ3v) is 3.45. The molecule has 0 aromatic rings. The molecule has 1 fully saturated rings. The fourth-order valence-corrected chi connectivity index (χ4v) is 2.21. The first-order valence-corrected chi connectivity index (χ1v) is 6.94. The highest BCUT2D eigenvalue weighted by atomic mass is 32.1. The van der Waals surface area contributed by atoms with Gasteiger partial charge in [-0.2, -0.15) is 12.6 Å². The number of amides is 2. The van der Waals surface area contributed by atoms with Crippen LogP contribution in [0.1, 0.15) is 6.92 Å². The quantitative estimate of drug-likeness (QED) is 0.258. The summed E-state index contributed by atoms with van der Waals surface area (Å²) >= 11 is 3.93. The van der Waals surface area contributed by atoms with Gasteiger partial charge in [-0.1, -0.05) is 0 Å². The average Bonchev–Trinajstić information content (AvgIpc) is 2.44. The SMILES string of the molecule is CC(=O)NC(CS)C(=O)N[C@@H]1C(O)OC(CO)[C@H](O)C1O. The van der Waals surface area contributed by atoms with Crippen molar-refractivity contribution in [1.82, 2.24) is 10.6 Å². The summed E-state index contributed by atoms with van der Waals surface area (Å²) in [5, 5.41) is 42.9. The van der Waals surface area contributed by atoms with E-state index in [2.05, 4.69) is 23.3 Å². The predicted octanol–water partition coefficient (Wildman–Crippen LogP) is -3.66. The van der Waals surface area contributed by atoms with Crippen LogP contribution in [0.15, 0.2) is 0 Å². The van der Waals surface area contributed by atoms with Gasteiger partial charge in [-0.15, -0.1) is 0 Å². The number of nitrogens with one attached hydrogen (secondary N) is 2. The van der Waals surface area contributed by atoms with Gasteiger partial charge < -0.3 is 35.8 Å². The summed E-state index contributed by atoms with van der Waals surface area (Å²) in [6, 6.07) is -2.26. The first kappa shape index (κ1) is 18.1. The summed E-state index contributed by atoms with van der Waals surface area (Å²) in [6.45, 7) is 0.633. The minimum atomic E-state index is -1.61. The lowest BCUT2D eigenvalue weighted by Crippen LogP contribution is -2.65. The maximum atomic E-state index is 11.9. The largest absolute Gasteiger partial charge is 0.394 e. The van der Waals surface area contributed by atoms with Crippen molar-refractivity contribution in [1.29, 1.82) is 0 Å². The summed E-state index contributed by atoms with van der Waals surface area (Å²) in [7, 11) is 0. The van der Waals surface area contributed by atoms with Crippen molar-refractivity contribution in [2.75, 3.05) is 12.4 Å². The number of aliphatic hydroxyl groups is 4. The molecule has 4 unspecified atom stereocenters. The third-order valence-electron chi connectivity index (χ3n) is 3.09. The van der Waals surface area contributed by atoms with E-state index in [9.17, 15) is 24.9 Å². The van der Waals surface area contributed by atoms with Crippen LogP contribution in [0.4, 0.5) is 0 Å². The lowest BCUT2D eigenvalue weighted by atomic mass is 9.97. The zero-order valence-electron chi connectivity index (χ0n) is 11.3. The molecule has 1 saturated heterocycles. The van der Waals surface area contributed by atoms with Crippen molar-refractivity contribution in [3.05, 3.63) is 0 Å². The number of hydrogen-bond acceptors (Lipinski definition) is 8. The molecule has 2 amide bonds. The van der Waals surface area contributed by atoms with Crippen LogP contribution in [0, 0.1) is 0 Å². The second kappa shape index (κ2) is 7.92. The van der Waals surface area contributed by atoms with E-state index in [1.54, 1.807) is 0 Å². The molecule has 122 valence electrons. The van der Waals surface area contributed by atoms with Crippen LogP contribution in [0.5, 0.6) is 0 Å². The van der Waals surface area contributed by atoms with Crippen LogP contribution in [-0.4, -0.2) is 81.3 Å². The lowest BCUT2D eigenvalue weighted by Gasteiger charge is -2.40. The smallest absolute Gasteiger partial charge is 0.243 e. The topological polar surface area (TPSA) is 148 Å². The van der Waals surface area contributed by atoms with Crippen molar-refractivity contribution in [3.63, 3.8) is 0 Å². The molecule has 0 saturated carbocycles. The Morgan fingerprint density at radius 1 is 1.29 bits per heavy atom. The van der Waals surface area contributed by atoms with Crippen LogP contribution < -0.4 is 10.6 Å². The van der Waals surface area contributed by atoms with E-state index < -0.39 is 55.1 Å². The molecule has 0 aromatic heterocycles. The zero-order valence-corrected chi connectivity index (χ0v) is 12.2. The minimum absolute atomic E-state index is 0.00694. The highest BCUT2D eigenvalue weighted by molar-refractivity contribution is 7.80. The second-order valence-corrected chi connectivity index (χ2v) is 5.06. The standard InChI is InChI=1S/C11H20N2O7S/c1-4(15)12-5(3-21)10(18)13-7-9(17)8(16)6(2-14)20-11(7)19/h5-9,11,14,16-17,19,21H,2-3H2,1H3,(H,12,15)(H,13,18)/t5?,6?,7-,8-,9?,11?/m0/s1. The fraction of sp³-hybridized carbons (Fsp3) is 0.818. The first-order chi connectivity index (χ1) is 9.81. The van der Waals surface area contributed by atoms with E-state index in [4.69, 9.17) is 9.84 Å². The molecule has 6 atom stereocenters. The maximum absolute atomic E-state index is 11.9. The molecule has 10 heteroatoms. The number of hydrogen-bond donors (Lipinski definition) is 7. The van der Waals surface area contributed by atoms with Crippen LogP contribution in [-0.2, 0) is 14.3 Å². The van der Waals surface area contributed by atoms with Gasteiger partial charge in [0.25, 0.3) is 0 Å². The number of rotatable bonds is 5. The van der Waals surface area contributed by atoms with Gasteiger partial charge in [0.05, 0.1) is 6.61 Å². The molecule has 1 aliphatic heterocycles. The van der Waals surface area contributed by atoms with E-state index in [0.29, 0.717) is 0 Å². The van der Waals surface area contributed by atoms with E-state index in [0.717, 1.165) is 0 Å². The summed E-state index contributed by atoms with van der Waals surface area (Å²) in [4.78, 5) is 22.9. The molecule has 1 aliphatic rings. The molecule has 1 heterocycles. The van der Waals surface area contributed by atoms with Crippen LogP contribution in [0.3, 0.4) is 0 Å². The maximum Gasteiger partial charge on any atom is 0.243 e. The van der Waals surface area contributed by atoms with Crippen molar-refractivity contribution in [2.24, 2.45) is 0 Å². The van der Waals surface area contributed by atoms with Crippen LogP contribution >= 0.6 is 12.6 Å². The average molecular weight is 324 g/mol. The highest BCUT2D eigenvalue weighted by Crippen LogP contribution is 2.19. The Morgan fingerprint density at radius 3 is 2.38 bits per heavy atom. The van der Waals surface area contributed by atoms with Crippen molar-refractivity contribution in [3.8, 4) is 0 Å². The van der Waals surface area contributed by atoms with Gasteiger partial charge in [0.2, 0.25) is 11.8 Å². The van der Waals surface area contributed by atoms with Crippen LogP contribution in [0.25, 0.3) is 0 Å². The van der Waals surface area contributed by atoms with E-state index >= 15 is 0 Å². The predicted molar refractivity (Wildman–Crippen MR) is 73.4 cm³/mol. The van der Waals surface area contributed by atoms with Gasteiger partial charge in [0.1, 0.15) is 30.4 Å². The van der Waals surface area contributed by atoms with Gasteiger partial charge in [-0.3, -0.25) is 9.59 Å². The Bertz CT molecular complexity index is 384. The Hall–Kier alpha value is -0.910. The zero-order chi connectivity index (χ0) is 16.2. The molecular weight excluding hydrogens is 304 g/mol. The van der Waals surface area contributed by atoms with E-state index in [1.165, 1.54) is 6.92 Å². The molecule has 0 aliphatic carbocycles. The molecule has 21 heavy (non-hydrogen) atoms. The van der Waals surface area contributed by atoms with Crippen molar-refractivity contribution >= 4 is 24.4 Å². The van der Waals surface area contributed by atoms with Crippen LogP contribution in [0.2, 0.25) is 0 Å². The molecule has 6 N–H and O–H groups in total. The second-order valence-electron chi connectivity index (χ2n) is 4.70. The molecular formula is C11H20N2O7S. The van der Waals surface area contributed by atoms with Gasteiger partial charge in [-0.05, 0) is 0 Å². The fourth-order valence-electron chi connectivity index (χ4n) is 1.96. The first-order valence-electron chi connectivity index (χ1n) is 6.30. The molecule has 0 aromatic carbocycles.